The Morgan fingerprint density at radius 2 is 2.19 bits per heavy atom. The van der Waals surface area contributed by atoms with Gasteiger partial charge in [-0.3, -0.25) is 4.79 Å². The second kappa shape index (κ2) is 7.19. The molecular formula is C10H19N3O3. The Morgan fingerprint density at radius 3 is 2.81 bits per heavy atom. The predicted molar refractivity (Wildman–Crippen MR) is 60.1 cm³/mol. The number of hydrogen-bond acceptors (Lipinski definition) is 3. The highest BCUT2D eigenvalue weighted by Gasteiger charge is 2.13. The number of hydrogen-bond donors (Lipinski definition) is 1. The molecule has 6 heteroatoms. The van der Waals surface area contributed by atoms with E-state index in [1.807, 2.05) is 11.8 Å². The second-order valence-corrected chi connectivity index (χ2v) is 3.41. The quantitative estimate of drug-likeness (QED) is 0.403. The highest BCUT2D eigenvalue weighted by atomic mass is 16.5. The van der Waals surface area contributed by atoms with E-state index in [9.17, 15) is 4.79 Å². The molecule has 0 atom stereocenters. The lowest BCUT2D eigenvalue weighted by atomic mass is 10.4. The molecule has 1 amide bonds. The minimum absolute atomic E-state index is 0.238. The Balaban J connectivity index is 2.32. The zero-order chi connectivity index (χ0) is 11.8. The van der Waals surface area contributed by atoms with E-state index in [1.54, 1.807) is 0 Å². The summed E-state index contributed by atoms with van der Waals surface area (Å²) in [4.78, 5) is 17.0. The van der Waals surface area contributed by atoms with Gasteiger partial charge in [-0.2, -0.15) is 4.99 Å². The van der Waals surface area contributed by atoms with Crippen molar-refractivity contribution in [2.24, 2.45) is 10.7 Å². The van der Waals surface area contributed by atoms with E-state index in [1.165, 1.54) is 0 Å². The van der Waals surface area contributed by atoms with Crippen LogP contribution in [0.4, 0.5) is 0 Å². The Kier molecular flexibility index (Phi) is 5.81. The number of amides is 1. The third-order valence-electron chi connectivity index (χ3n) is 2.24. The lowest BCUT2D eigenvalue weighted by Crippen LogP contribution is -2.45. The highest BCUT2D eigenvalue weighted by molar-refractivity contribution is 5.92. The molecule has 0 aromatic carbocycles. The van der Waals surface area contributed by atoms with Crippen LogP contribution in [0.1, 0.15) is 13.3 Å². The van der Waals surface area contributed by atoms with E-state index in [4.69, 9.17) is 15.2 Å². The summed E-state index contributed by atoms with van der Waals surface area (Å²) in [7, 11) is 0. The van der Waals surface area contributed by atoms with E-state index >= 15 is 0 Å². The molecule has 2 N–H and O–H groups in total. The van der Waals surface area contributed by atoms with Crippen LogP contribution < -0.4 is 5.73 Å². The number of nitrogens with zero attached hydrogens (tertiary/aromatic N) is 2. The van der Waals surface area contributed by atoms with E-state index in [-0.39, 0.29) is 18.3 Å². The Labute approximate surface area is 95.4 Å². The Morgan fingerprint density at radius 1 is 1.50 bits per heavy atom. The van der Waals surface area contributed by atoms with Crippen molar-refractivity contribution >= 4 is 11.9 Å². The van der Waals surface area contributed by atoms with Crippen LogP contribution in [0.2, 0.25) is 0 Å². The van der Waals surface area contributed by atoms with Gasteiger partial charge in [0.25, 0.3) is 5.91 Å². The molecule has 0 unspecified atom stereocenters. The normalized spacial score (nSPS) is 17.6. The van der Waals surface area contributed by atoms with Crippen LogP contribution in [0.3, 0.4) is 0 Å². The molecular weight excluding hydrogens is 210 g/mol. The molecule has 0 aromatic rings. The lowest BCUT2D eigenvalue weighted by Gasteiger charge is -2.27. The van der Waals surface area contributed by atoms with Crippen LogP contribution in [0.5, 0.6) is 0 Å². The molecule has 16 heavy (non-hydrogen) atoms. The molecule has 1 rings (SSSR count). The minimum atomic E-state index is -0.238. The third kappa shape index (κ3) is 4.59. The Bertz CT molecular complexity index is 250. The molecule has 0 bridgehead atoms. The molecule has 1 heterocycles. The van der Waals surface area contributed by atoms with Crippen molar-refractivity contribution < 1.29 is 14.3 Å². The lowest BCUT2D eigenvalue weighted by molar-refractivity contribution is -0.118. The van der Waals surface area contributed by atoms with Crippen molar-refractivity contribution in [3.05, 3.63) is 0 Å². The predicted octanol–water partition coefficient (Wildman–Crippen LogP) is -0.413. The molecule has 0 radical (unpaired) electrons. The van der Waals surface area contributed by atoms with Crippen molar-refractivity contribution in [3.8, 4) is 0 Å². The van der Waals surface area contributed by atoms with Crippen molar-refractivity contribution in [2.75, 3.05) is 39.5 Å². The van der Waals surface area contributed by atoms with Crippen LogP contribution in [-0.4, -0.2) is 56.3 Å². The molecule has 92 valence electrons. The molecule has 0 aromatic heterocycles. The van der Waals surface area contributed by atoms with Crippen molar-refractivity contribution in [2.45, 2.75) is 13.3 Å². The van der Waals surface area contributed by atoms with Gasteiger partial charge in [-0.05, 0) is 6.92 Å². The number of morpholine rings is 1. The average molecular weight is 229 g/mol. The first-order valence-electron chi connectivity index (χ1n) is 5.51. The molecule has 1 fully saturated rings. The zero-order valence-corrected chi connectivity index (χ0v) is 9.65. The number of guanidine groups is 1. The van der Waals surface area contributed by atoms with Crippen LogP contribution in [0.25, 0.3) is 0 Å². The summed E-state index contributed by atoms with van der Waals surface area (Å²) >= 11 is 0. The van der Waals surface area contributed by atoms with Crippen molar-refractivity contribution in [1.82, 2.24) is 4.90 Å². The number of rotatable bonds is 4. The first-order valence-corrected chi connectivity index (χ1v) is 5.51. The minimum Gasteiger partial charge on any atom is -0.381 e. The number of carbonyl (C=O) groups is 1. The van der Waals surface area contributed by atoms with Crippen molar-refractivity contribution in [1.29, 1.82) is 0 Å². The van der Waals surface area contributed by atoms with Gasteiger partial charge in [0.2, 0.25) is 0 Å². The van der Waals surface area contributed by atoms with Gasteiger partial charge in [-0.1, -0.05) is 0 Å². The molecule has 0 spiro atoms. The maximum atomic E-state index is 11.4. The SMILES string of the molecule is CCOCCC(=O)N=C(N)N1CCOCC1. The third-order valence-corrected chi connectivity index (χ3v) is 2.24. The Hall–Kier alpha value is -1.14. The molecule has 1 aliphatic heterocycles. The number of ether oxygens (including phenoxy) is 2. The van der Waals surface area contributed by atoms with E-state index in [0.717, 1.165) is 0 Å². The highest BCUT2D eigenvalue weighted by Crippen LogP contribution is 1.97. The fourth-order valence-electron chi connectivity index (χ4n) is 1.35. The van der Waals surface area contributed by atoms with Crippen LogP contribution >= 0.6 is 0 Å². The van der Waals surface area contributed by atoms with Crippen LogP contribution in [0.15, 0.2) is 4.99 Å². The first kappa shape index (κ1) is 12.9. The van der Waals surface area contributed by atoms with Gasteiger partial charge in [0.1, 0.15) is 0 Å². The summed E-state index contributed by atoms with van der Waals surface area (Å²) in [6, 6.07) is 0. The monoisotopic (exact) mass is 229 g/mol. The smallest absolute Gasteiger partial charge is 0.251 e. The van der Waals surface area contributed by atoms with E-state index in [0.29, 0.717) is 39.5 Å². The molecule has 6 nitrogen and oxygen atoms in total. The zero-order valence-electron chi connectivity index (χ0n) is 9.65. The van der Waals surface area contributed by atoms with Gasteiger partial charge in [0, 0.05) is 19.7 Å². The largest absolute Gasteiger partial charge is 0.381 e. The summed E-state index contributed by atoms with van der Waals surface area (Å²) in [5, 5.41) is 0. The molecule has 0 aliphatic carbocycles. The summed E-state index contributed by atoms with van der Waals surface area (Å²) in [6.45, 7) is 5.52. The molecule has 1 saturated heterocycles. The van der Waals surface area contributed by atoms with Crippen LogP contribution in [0, 0.1) is 0 Å². The fourth-order valence-corrected chi connectivity index (χ4v) is 1.35. The van der Waals surface area contributed by atoms with E-state index in [2.05, 4.69) is 4.99 Å². The van der Waals surface area contributed by atoms with Gasteiger partial charge >= 0.3 is 0 Å². The summed E-state index contributed by atoms with van der Waals surface area (Å²) in [5.74, 6) is 0.0437. The number of nitrogens with two attached hydrogens (primary N) is 1. The summed E-state index contributed by atoms with van der Waals surface area (Å²) in [5.41, 5.74) is 5.71. The standard InChI is InChI=1S/C10H19N3O3/c1-2-15-6-3-9(14)12-10(11)13-4-7-16-8-5-13/h2-8H2,1H3,(H2,11,12,14). The maximum absolute atomic E-state index is 11.4. The van der Waals surface area contributed by atoms with Gasteiger partial charge in [0.05, 0.1) is 26.2 Å². The van der Waals surface area contributed by atoms with Gasteiger partial charge in [-0.15, -0.1) is 0 Å². The van der Waals surface area contributed by atoms with Gasteiger partial charge in [0.15, 0.2) is 5.96 Å². The average Bonchev–Trinajstić information content (AvgIpc) is 2.30. The number of aliphatic imine (C=N–C) groups is 1. The first-order chi connectivity index (χ1) is 7.74. The summed E-state index contributed by atoms with van der Waals surface area (Å²) in [6.07, 6.45) is 0.277. The second-order valence-electron chi connectivity index (χ2n) is 3.41. The topological polar surface area (TPSA) is 77.1 Å². The number of carbonyl (C=O) groups excluding carboxylic acids is 1. The van der Waals surface area contributed by atoms with E-state index < -0.39 is 0 Å². The summed E-state index contributed by atoms with van der Waals surface area (Å²) < 4.78 is 10.2. The maximum Gasteiger partial charge on any atom is 0.251 e. The van der Waals surface area contributed by atoms with Crippen molar-refractivity contribution in [3.63, 3.8) is 0 Å². The molecule has 1 aliphatic rings. The van der Waals surface area contributed by atoms with Gasteiger partial charge in [-0.25, -0.2) is 0 Å². The fraction of sp³-hybridized carbons (Fsp3) is 0.800. The van der Waals surface area contributed by atoms with Crippen LogP contribution in [-0.2, 0) is 14.3 Å². The van der Waals surface area contributed by atoms with Gasteiger partial charge < -0.3 is 20.1 Å². The molecule has 0 saturated carbocycles.